The molecule has 28 heavy (non-hydrogen) atoms. The lowest BCUT2D eigenvalue weighted by molar-refractivity contribution is 0.100. The number of primary amides is 1. The summed E-state index contributed by atoms with van der Waals surface area (Å²) in [7, 11) is 1.64. The van der Waals surface area contributed by atoms with Gasteiger partial charge in [-0.25, -0.2) is 0 Å². The fourth-order valence-electron chi connectivity index (χ4n) is 2.66. The standard InChI is InChI=1S/C22H20N4O2/c1-28-13-12-25-20-14-16(6-7-17-4-2-10-24-15-17)8-9-18(20)21-19(22(23)27)5-3-11-26-21/h2-5,8-11,14-15,25H,12-13H2,1H3,(H2,23,27). The van der Waals surface area contributed by atoms with E-state index in [0.29, 0.717) is 24.4 Å². The number of carbonyl (C=O) groups is 1. The summed E-state index contributed by atoms with van der Waals surface area (Å²) in [5.41, 5.74) is 9.65. The second-order valence-electron chi connectivity index (χ2n) is 5.94. The van der Waals surface area contributed by atoms with Gasteiger partial charge in [0, 0.05) is 54.6 Å². The molecule has 0 fully saturated rings. The van der Waals surface area contributed by atoms with E-state index < -0.39 is 5.91 Å². The van der Waals surface area contributed by atoms with E-state index in [1.54, 1.807) is 37.8 Å². The number of nitrogens with zero attached hydrogens (tertiary/aromatic N) is 2. The van der Waals surface area contributed by atoms with Crippen LogP contribution in [0, 0.1) is 11.8 Å². The second kappa shape index (κ2) is 9.31. The average molecular weight is 372 g/mol. The first-order valence-corrected chi connectivity index (χ1v) is 8.73. The molecule has 6 heteroatoms. The quantitative estimate of drug-likeness (QED) is 0.513. The molecule has 1 amide bonds. The number of rotatable bonds is 6. The van der Waals surface area contributed by atoms with Crippen molar-refractivity contribution in [2.45, 2.75) is 0 Å². The van der Waals surface area contributed by atoms with Crippen molar-refractivity contribution in [2.24, 2.45) is 5.73 Å². The van der Waals surface area contributed by atoms with Crippen LogP contribution in [0.2, 0.25) is 0 Å². The Kier molecular flexibility index (Phi) is 6.34. The van der Waals surface area contributed by atoms with Crippen molar-refractivity contribution < 1.29 is 9.53 Å². The van der Waals surface area contributed by atoms with Gasteiger partial charge in [0.2, 0.25) is 0 Å². The molecule has 2 heterocycles. The molecule has 0 unspecified atom stereocenters. The van der Waals surface area contributed by atoms with Gasteiger partial charge in [-0.05, 0) is 42.5 Å². The van der Waals surface area contributed by atoms with Gasteiger partial charge in [-0.15, -0.1) is 0 Å². The molecule has 140 valence electrons. The Morgan fingerprint density at radius 1 is 1.14 bits per heavy atom. The van der Waals surface area contributed by atoms with Gasteiger partial charge in [0.1, 0.15) is 0 Å². The molecule has 0 atom stereocenters. The molecule has 0 saturated carbocycles. The monoisotopic (exact) mass is 372 g/mol. The Morgan fingerprint density at radius 2 is 1.96 bits per heavy atom. The number of ether oxygens (including phenoxy) is 1. The maximum Gasteiger partial charge on any atom is 0.250 e. The number of hydrogen-bond donors (Lipinski definition) is 2. The molecule has 0 spiro atoms. The van der Waals surface area contributed by atoms with Crippen LogP contribution in [0.15, 0.2) is 61.1 Å². The van der Waals surface area contributed by atoms with Gasteiger partial charge in [-0.2, -0.15) is 0 Å². The number of hydrogen-bond acceptors (Lipinski definition) is 5. The molecule has 0 aliphatic heterocycles. The lowest BCUT2D eigenvalue weighted by Crippen LogP contribution is -2.14. The van der Waals surface area contributed by atoms with Crippen molar-refractivity contribution in [3.8, 4) is 23.1 Å². The molecule has 0 aliphatic carbocycles. The molecular weight excluding hydrogens is 352 g/mol. The third kappa shape index (κ3) is 4.72. The maximum absolute atomic E-state index is 11.8. The van der Waals surface area contributed by atoms with Crippen molar-refractivity contribution in [1.82, 2.24) is 9.97 Å². The number of benzene rings is 1. The lowest BCUT2D eigenvalue weighted by atomic mass is 10.0. The van der Waals surface area contributed by atoms with Crippen LogP contribution < -0.4 is 11.1 Å². The van der Waals surface area contributed by atoms with Gasteiger partial charge >= 0.3 is 0 Å². The zero-order valence-corrected chi connectivity index (χ0v) is 15.5. The van der Waals surface area contributed by atoms with E-state index in [-0.39, 0.29) is 0 Å². The Labute approximate surface area is 163 Å². The third-order valence-electron chi connectivity index (χ3n) is 3.98. The largest absolute Gasteiger partial charge is 0.383 e. The number of carbonyl (C=O) groups excluding carboxylic acids is 1. The van der Waals surface area contributed by atoms with Crippen LogP contribution in [0.5, 0.6) is 0 Å². The molecular formula is C22H20N4O2. The summed E-state index contributed by atoms with van der Waals surface area (Å²) in [5, 5.41) is 3.32. The Morgan fingerprint density at radius 3 is 2.71 bits per heavy atom. The van der Waals surface area contributed by atoms with Gasteiger partial charge in [0.25, 0.3) is 5.91 Å². The zero-order chi connectivity index (χ0) is 19.8. The van der Waals surface area contributed by atoms with Crippen molar-refractivity contribution in [3.05, 3.63) is 77.7 Å². The topological polar surface area (TPSA) is 90.1 Å². The van der Waals surface area contributed by atoms with E-state index in [4.69, 9.17) is 10.5 Å². The molecule has 0 bridgehead atoms. The van der Waals surface area contributed by atoms with E-state index in [2.05, 4.69) is 27.1 Å². The highest BCUT2D eigenvalue weighted by atomic mass is 16.5. The van der Waals surface area contributed by atoms with Crippen molar-refractivity contribution >= 4 is 11.6 Å². The smallest absolute Gasteiger partial charge is 0.250 e. The van der Waals surface area contributed by atoms with Gasteiger partial charge in [-0.3, -0.25) is 14.8 Å². The molecule has 0 radical (unpaired) electrons. The maximum atomic E-state index is 11.8. The van der Waals surface area contributed by atoms with E-state index in [1.807, 2.05) is 30.3 Å². The predicted molar refractivity (Wildman–Crippen MR) is 109 cm³/mol. The highest BCUT2D eigenvalue weighted by Crippen LogP contribution is 2.30. The molecule has 0 aliphatic rings. The van der Waals surface area contributed by atoms with Crippen molar-refractivity contribution in [3.63, 3.8) is 0 Å². The highest BCUT2D eigenvalue weighted by Gasteiger charge is 2.14. The summed E-state index contributed by atoms with van der Waals surface area (Å²) in [6.07, 6.45) is 5.06. The van der Waals surface area contributed by atoms with E-state index in [1.165, 1.54) is 0 Å². The summed E-state index contributed by atoms with van der Waals surface area (Å²) in [6, 6.07) is 12.8. The minimum Gasteiger partial charge on any atom is -0.383 e. The van der Waals surface area contributed by atoms with Crippen LogP contribution in [0.4, 0.5) is 5.69 Å². The normalized spacial score (nSPS) is 10.0. The van der Waals surface area contributed by atoms with E-state index in [9.17, 15) is 4.79 Å². The number of pyridine rings is 2. The molecule has 1 aromatic carbocycles. The number of amides is 1. The number of nitrogens with one attached hydrogen (secondary N) is 1. The van der Waals surface area contributed by atoms with Crippen LogP contribution in [0.25, 0.3) is 11.3 Å². The summed E-state index contributed by atoms with van der Waals surface area (Å²) in [4.78, 5) is 20.2. The first-order chi connectivity index (χ1) is 13.7. The third-order valence-corrected chi connectivity index (χ3v) is 3.98. The summed E-state index contributed by atoms with van der Waals surface area (Å²) in [6.45, 7) is 1.14. The highest BCUT2D eigenvalue weighted by molar-refractivity contribution is 6.00. The van der Waals surface area contributed by atoms with E-state index >= 15 is 0 Å². The van der Waals surface area contributed by atoms with Crippen LogP contribution in [0.1, 0.15) is 21.5 Å². The van der Waals surface area contributed by atoms with Gasteiger partial charge < -0.3 is 15.8 Å². The zero-order valence-electron chi connectivity index (χ0n) is 15.5. The SMILES string of the molecule is COCCNc1cc(C#Cc2cccnc2)ccc1-c1ncccc1C(N)=O. The summed E-state index contributed by atoms with van der Waals surface area (Å²) in [5.74, 6) is 5.70. The van der Waals surface area contributed by atoms with E-state index in [0.717, 1.165) is 22.4 Å². The predicted octanol–water partition coefficient (Wildman–Crippen LogP) is 2.70. The number of aromatic nitrogens is 2. The molecule has 3 rings (SSSR count). The molecule has 6 nitrogen and oxygen atoms in total. The van der Waals surface area contributed by atoms with Crippen LogP contribution >= 0.6 is 0 Å². The van der Waals surface area contributed by atoms with Crippen LogP contribution in [-0.2, 0) is 4.74 Å². The fourth-order valence-corrected chi connectivity index (χ4v) is 2.66. The van der Waals surface area contributed by atoms with Crippen molar-refractivity contribution in [2.75, 3.05) is 25.6 Å². The van der Waals surface area contributed by atoms with Crippen LogP contribution in [0.3, 0.4) is 0 Å². The second-order valence-corrected chi connectivity index (χ2v) is 5.94. The first kappa shape index (κ1) is 19.1. The minimum atomic E-state index is -0.522. The molecule has 0 saturated heterocycles. The van der Waals surface area contributed by atoms with Gasteiger partial charge in [0.05, 0.1) is 17.9 Å². The Balaban J connectivity index is 2.01. The molecule has 2 aromatic heterocycles. The number of nitrogens with two attached hydrogens (primary N) is 1. The Bertz CT molecular complexity index is 1020. The van der Waals surface area contributed by atoms with Gasteiger partial charge in [0.15, 0.2) is 0 Å². The summed E-state index contributed by atoms with van der Waals surface area (Å²) < 4.78 is 5.12. The average Bonchev–Trinajstić information content (AvgIpc) is 2.73. The molecule has 3 aromatic rings. The Hall–Kier alpha value is -3.69. The fraction of sp³-hybridized carbons (Fsp3) is 0.136. The van der Waals surface area contributed by atoms with Crippen molar-refractivity contribution in [1.29, 1.82) is 0 Å². The van der Waals surface area contributed by atoms with Gasteiger partial charge in [-0.1, -0.05) is 11.8 Å². The first-order valence-electron chi connectivity index (χ1n) is 8.73. The number of anilines is 1. The molecule has 3 N–H and O–H groups in total. The minimum absolute atomic E-state index is 0.367. The lowest BCUT2D eigenvalue weighted by Gasteiger charge is -2.14. The van der Waals surface area contributed by atoms with Crippen LogP contribution in [-0.4, -0.2) is 36.1 Å². The summed E-state index contributed by atoms with van der Waals surface area (Å²) >= 11 is 0. The number of methoxy groups -OCH3 is 1.